The molecule has 0 saturated heterocycles. The molecule has 1 aromatic rings. The van der Waals surface area contributed by atoms with Gasteiger partial charge in [0.15, 0.2) is 0 Å². The molecule has 0 spiro atoms. The van der Waals surface area contributed by atoms with Crippen LogP contribution < -0.4 is 27.4 Å². The molecule has 0 bridgehead atoms. The van der Waals surface area contributed by atoms with E-state index in [1.54, 1.807) is 13.8 Å². The SMILES string of the molecule is CC(C)CC(NC(=O)C(CC(N)=O)NC(=O)CNC(=O)C(N)Cc1ccccc1)C(=O)O. The fourth-order valence-corrected chi connectivity index (χ4v) is 2.88. The van der Waals surface area contributed by atoms with Crippen LogP contribution in [0.4, 0.5) is 0 Å². The Kier molecular flexibility index (Phi) is 10.8. The second-order valence-corrected chi connectivity index (χ2v) is 7.83. The van der Waals surface area contributed by atoms with Gasteiger partial charge in [-0.05, 0) is 24.3 Å². The lowest BCUT2D eigenvalue weighted by molar-refractivity contribution is -0.142. The van der Waals surface area contributed by atoms with Gasteiger partial charge in [0.05, 0.1) is 19.0 Å². The molecule has 4 amide bonds. The maximum absolute atomic E-state index is 12.5. The predicted molar refractivity (Wildman–Crippen MR) is 116 cm³/mol. The highest BCUT2D eigenvalue weighted by molar-refractivity contribution is 5.94. The smallest absolute Gasteiger partial charge is 0.326 e. The number of benzene rings is 1. The molecule has 8 N–H and O–H groups in total. The van der Waals surface area contributed by atoms with E-state index in [0.717, 1.165) is 5.56 Å². The van der Waals surface area contributed by atoms with Gasteiger partial charge < -0.3 is 32.5 Å². The third-order valence-corrected chi connectivity index (χ3v) is 4.44. The molecule has 11 heteroatoms. The van der Waals surface area contributed by atoms with Crippen LogP contribution in [0.1, 0.15) is 32.3 Å². The molecule has 0 aliphatic heterocycles. The predicted octanol–water partition coefficient (Wildman–Crippen LogP) is -1.35. The number of amides is 4. The largest absolute Gasteiger partial charge is 0.480 e. The minimum absolute atomic E-state index is 0.0177. The van der Waals surface area contributed by atoms with Crippen LogP contribution in [0.2, 0.25) is 0 Å². The van der Waals surface area contributed by atoms with Crippen LogP contribution in [0, 0.1) is 5.92 Å². The van der Waals surface area contributed by atoms with Crippen molar-refractivity contribution in [2.45, 2.75) is 51.2 Å². The van der Waals surface area contributed by atoms with E-state index in [1.807, 2.05) is 30.3 Å². The molecule has 0 fully saturated rings. The van der Waals surface area contributed by atoms with E-state index in [-0.39, 0.29) is 18.8 Å². The molecule has 0 aliphatic rings. The molecule has 0 saturated carbocycles. The van der Waals surface area contributed by atoms with E-state index in [0.29, 0.717) is 0 Å². The summed E-state index contributed by atoms with van der Waals surface area (Å²) in [4.78, 5) is 59.5. The maximum Gasteiger partial charge on any atom is 0.326 e. The second-order valence-electron chi connectivity index (χ2n) is 7.83. The van der Waals surface area contributed by atoms with E-state index < -0.39 is 60.7 Å². The van der Waals surface area contributed by atoms with Crippen molar-refractivity contribution >= 4 is 29.6 Å². The van der Waals surface area contributed by atoms with Gasteiger partial charge in [-0.2, -0.15) is 0 Å². The summed E-state index contributed by atoms with van der Waals surface area (Å²) in [7, 11) is 0. The average Bonchev–Trinajstić information content (AvgIpc) is 2.70. The maximum atomic E-state index is 12.5. The number of rotatable bonds is 13. The number of nitrogens with two attached hydrogens (primary N) is 2. The Hall–Kier alpha value is -3.47. The molecule has 11 nitrogen and oxygen atoms in total. The van der Waals surface area contributed by atoms with Crippen molar-refractivity contribution in [1.29, 1.82) is 0 Å². The van der Waals surface area contributed by atoms with E-state index in [2.05, 4.69) is 16.0 Å². The zero-order chi connectivity index (χ0) is 24.3. The van der Waals surface area contributed by atoms with Crippen molar-refractivity contribution in [3.05, 3.63) is 35.9 Å². The molecule has 3 unspecified atom stereocenters. The highest BCUT2D eigenvalue weighted by atomic mass is 16.4. The number of carboxylic acids is 1. The molecular weight excluding hydrogens is 418 g/mol. The minimum Gasteiger partial charge on any atom is -0.480 e. The molecule has 1 aromatic carbocycles. The molecule has 0 heterocycles. The zero-order valence-electron chi connectivity index (χ0n) is 18.2. The first-order valence-electron chi connectivity index (χ1n) is 10.2. The summed E-state index contributed by atoms with van der Waals surface area (Å²) in [6.45, 7) is 3.09. The molecule has 3 atom stereocenters. The van der Waals surface area contributed by atoms with Gasteiger partial charge in [0.2, 0.25) is 23.6 Å². The van der Waals surface area contributed by atoms with Crippen LogP contribution in [-0.4, -0.2) is 59.4 Å². The number of carbonyl (C=O) groups is 5. The lowest BCUT2D eigenvalue weighted by Crippen LogP contribution is -2.55. The number of hydrogen-bond acceptors (Lipinski definition) is 6. The number of hydrogen-bond donors (Lipinski definition) is 6. The van der Waals surface area contributed by atoms with Crippen LogP contribution in [0.3, 0.4) is 0 Å². The topological polar surface area (TPSA) is 194 Å². The molecule has 32 heavy (non-hydrogen) atoms. The highest BCUT2D eigenvalue weighted by Crippen LogP contribution is 2.06. The average molecular weight is 450 g/mol. The summed E-state index contributed by atoms with van der Waals surface area (Å²) in [5, 5.41) is 16.2. The van der Waals surface area contributed by atoms with Gasteiger partial charge in [0.25, 0.3) is 0 Å². The van der Waals surface area contributed by atoms with E-state index in [9.17, 15) is 29.1 Å². The van der Waals surface area contributed by atoms with Crippen molar-refractivity contribution in [3.8, 4) is 0 Å². The Bertz CT molecular complexity index is 814. The Morgan fingerprint density at radius 1 is 0.969 bits per heavy atom. The number of nitrogens with one attached hydrogen (secondary N) is 3. The first kappa shape index (κ1) is 26.6. The monoisotopic (exact) mass is 449 g/mol. The third-order valence-electron chi connectivity index (χ3n) is 4.44. The lowest BCUT2D eigenvalue weighted by Gasteiger charge is -2.22. The molecular formula is C21H31N5O6. The summed E-state index contributed by atoms with van der Waals surface area (Å²) in [5.74, 6) is -4.32. The molecule has 1 rings (SSSR count). The molecule has 0 aliphatic carbocycles. The number of carbonyl (C=O) groups excluding carboxylic acids is 4. The van der Waals surface area contributed by atoms with Crippen molar-refractivity contribution in [3.63, 3.8) is 0 Å². The van der Waals surface area contributed by atoms with Gasteiger partial charge in [-0.3, -0.25) is 19.2 Å². The van der Waals surface area contributed by atoms with Crippen molar-refractivity contribution in [1.82, 2.24) is 16.0 Å². The Labute approximate surface area is 186 Å². The van der Waals surface area contributed by atoms with Crippen LogP contribution >= 0.6 is 0 Å². The number of primary amides is 1. The fourth-order valence-electron chi connectivity index (χ4n) is 2.88. The summed E-state index contributed by atoms with van der Waals surface area (Å²) >= 11 is 0. The molecule has 0 radical (unpaired) electrons. The van der Waals surface area contributed by atoms with Crippen molar-refractivity contribution in [2.24, 2.45) is 17.4 Å². The standard InChI is InChI=1S/C21H31N5O6/c1-12(2)8-16(21(31)32)26-20(30)15(10-17(23)27)25-18(28)11-24-19(29)14(22)9-13-6-4-3-5-7-13/h3-7,12,14-16H,8-11,22H2,1-2H3,(H2,23,27)(H,24,29)(H,25,28)(H,26,30)(H,31,32). The van der Waals surface area contributed by atoms with Gasteiger partial charge in [-0.25, -0.2) is 4.79 Å². The fraction of sp³-hybridized carbons (Fsp3) is 0.476. The van der Waals surface area contributed by atoms with Crippen LogP contribution in [0.5, 0.6) is 0 Å². The van der Waals surface area contributed by atoms with Crippen LogP contribution in [0.15, 0.2) is 30.3 Å². The first-order valence-corrected chi connectivity index (χ1v) is 10.2. The highest BCUT2D eigenvalue weighted by Gasteiger charge is 2.28. The number of carboxylic acid groups (broad SMARTS) is 1. The second kappa shape index (κ2) is 13.1. The lowest BCUT2D eigenvalue weighted by atomic mass is 10.0. The van der Waals surface area contributed by atoms with Gasteiger partial charge in [0.1, 0.15) is 12.1 Å². The molecule has 0 aromatic heterocycles. The van der Waals surface area contributed by atoms with E-state index >= 15 is 0 Å². The van der Waals surface area contributed by atoms with Gasteiger partial charge in [-0.15, -0.1) is 0 Å². The summed E-state index contributed by atoms with van der Waals surface area (Å²) in [5.41, 5.74) is 11.8. The first-order chi connectivity index (χ1) is 15.0. The minimum atomic E-state index is -1.39. The number of aliphatic carboxylic acids is 1. The van der Waals surface area contributed by atoms with Gasteiger partial charge >= 0.3 is 5.97 Å². The molecule has 176 valence electrons. The van der Waals surface area contributed by atoms with Crippen molar-refractivity contribution in [2.75, 3.05) is 6.54 Å². The third kappa shape index (κ3) is 10.0. The van der Waals surface area contributed by atoms with E-state index in [1.165, 1.54) is 0 Å². The van der Waals surface area contributed by atoms with Crippen molar-refractivity contribution < 1.29 is 29.1 Å². The normalized spacial score (nSPS) is 13.5. The van der Waals surface area contributed by atoms with Gasteiger partial charge in [-0.1, -0.05) is 44.2 Å². The van der Waals surface area contributed by atoms with E-state index in [4.69, 9.17) is 11.5 Å². The van der Waals surface area contributed by atoms with Crippen LogP contribution in [-0.2, 0) is 30.4 Å². The summed E-state index contributed by atoms with van der Waals surface area (Å²) in [6.07, 6.45) is -0.103. The van der Waals surface area contributed by atoms with Gasteiger partial charge in [0, 0.05) is 0 Å². The zero-order valence-corrected chi connectivity index (χ0v) is 18.2. The van der Waals surface area contributed by atoms with Crippen LogP contribution in [0.25, 0.3) is 0 Å². The Morgan fingerprint density at radius 2 is 1.59 bits per heavy atom. The summed E-state index contributed by atoms with van der Waals surface area (Å²) < 4.78 is 0. The Morgan fingerprint density at radius 3 is 2.12 bits per heavy atom. The Balaban J connectivity index is 2.64. The summed E-state index contributed by atoms with van der Waals surface area (Å²) in [6, 6.07) is 5.63. The quantitative estimate of drug-likeness (QED) is 0.214.